The van der Waals surface area contributed by atoms with E-state index >= 15 is 0 Å². The summed E-state index contributed by atoms with van der Waals surface area (Å²) in [5, 5.41) is 0. The molecule has 1 aromatic rings. The van der Waals surface area contributed by atoms with Crippen LogP contribution < -0.4 is 5.90 Å². The molecule has 1 unspecified atom stereocenters. The van der Waals surface area contributed by atoms with Gasteiger partial charge in [-0.05, 0) is 27.6 Å². The van der Waals surface area contributed by atoms with Crippen LogP contribution in [0.1, 0.15) is 18.4 Å². The largest absolute Gasteiger partial charge is 0.304 e. The van der Waals surface area contributed by atoms with E-state index in [0.29, 0.717) is 5.56 Å². The number of hydrogen-bond donors (Lipinski definition) is 1. The molecule has 0 aliphatic carbocycles. The van der Waals surface area contributed by atoms with Crippen molar-refractivity contribution >= 4 is 15.9 Å². The van der Waals surface area contributed by atoms with Crippen LogP contribution in [0.15, 0.2) is 16.6 Å². The highest BCUT2D eigenvalue weighted by atomic mass is 79.9. The average Bonchev–Trinajstić information content (AvgIpc) is 2.15. The van der Waals surface area contributed by atoms with E-state index in [4.69, 9.17) is 5.90 Å². The molecule has 0 aliphatic rings. The van der Waals surface area contributed by atoms with Gasteiger partial charge in [0.1, 0.15) is 11.6 Å². The van der Waals surface area contributed by atoms with Gasteiger partial charge >= 0.3 is 0 Å². The maximum Gasteiger partial charge on any atom is 0.143 e. The average molecular weight is 266 g/mol. The van der Waals surface area contributed by atoms with Crippen molar-refractivity contribution in [1.29, 1.82) is 0 Å². The Kier molecular flexibility index (Phi) is 3.97. The lowest BCUT2D eigenvalue weighted by Gasteiger charge is -2.12. The molecule has 1 aromatic carbocycles. The maximum atomic E-state index is 13.5. The maximum absolute atomic E-state index is 13.5. The van der Waals surface area contributed by atoms with Gasteiger partial charge in [-0.2, -0.15) is 0 Å². The second-order valence-electron chi connectivity index (χ2n) is 3.00. The first-order valence-electron chi connectivity index (χ1n) is 4.03. The zero-order valence-corrected chi connectivity index (χ0v) is 9.14. The third kappa shape index (κ3) is 2.29. The van der Waals surface area contributed by atoms with Gasteiger partial charge in [0, 0.05) is 5.92 Å². The lowest BCUT2D eigenvalue weighted by Crippen LogP contribution is -2.10. The highest BCUT2D eigenvalue weighted by Crippen LogP contribution is 2.27. The molecule has 0 radical (unpaired) electrons. The number of hydrogen-bond acceptors (Lipinski definition) is 2. The van der Waals surface area contributed by atoms with E-state index in [1.807, 2.05) is 0 Å². The molecule has 2 N–H and O–H groups in total. The Hall–Kier alpha value is -0.520. The van der Waals surface area contributed by atoms with Crippen LogP contribution >= 0.6 is 15.9 Å². The Labute approximate surface area is 89.1 Å². The molecule has 0 fully saturated rings. The minimum Gasteiger partial charge on any atom is -0.304 e. The minimum absolute atomic E-state index is 0.154. The van der Waals surface area contributed by atoms with Crippen LogP contribution in [0.5, 0.6) is 0 Å². The quantitative estimate of drug-likeness (QED) is 0.674. The standard InChI is InChI=1S/C9H10BrF2NO/c1-5(4-14-13)6-2-3-7(11)8(10)9(6)12/h2-3,5H,4,13H2,1H3. The van der Waals surface area contributed by atoms with Crippen molar-refractivity contribution in [3.8, 4) is 0 Å². The van der Waals surface area contributed by atoms with Crippen LogP contribution in [-0.2, 0) is 4.84 Å². The molecule has 0 aliphatic heterocycles. The van der Waals surface area contributed by atoms with Gasteiger partial charge in [0.2, 0.25) is 0 Å². The van der Waals surface area contributed by atoms with Gasteiger partial charge in [-0.15, -0.1) is 0 Å². The predicted molar refractivity (Wildman–Crippen MR) is 52.6 cm³/mol. The van der Waals surface area contributed by atoms with Crippen LogP contribution in [0, 0.1) is 11.6 Å². The molecular weight excluding hydrogens is 256 g/mol. The third-order valence-corrected chi connectivity index (χ3v) is 2.67. The summed E-state index contributed by atoms with van der Waals surface area (Å²) in [6.45, 7) is 1.94. The van der Waals surface area contributed by atoms with Crippen LogP contribution in [-0.4, -0.2) is 6.61 Å². The summed E-state index contributed by atoms with van der Waals surface area (Å²) < 4.78 is 26.2. The van der Waals surface area contributed by atoms with Gasteiger partial charge in [-0.25, -0.2) is 14.7 Å². The fraction of sp³-hybridized carbons (Fsp3) is 0.333. The van der Waals surface area contributed by atoms with E-state index in [1.54, 1.807) is 6.92 Å². The van der Waals surface area contributed by atoms with Crippen molar-refractivity contribution < 1.29 is 13.6 Å². The summed E-state index contributed by atoms with van der Waals surface area (Å²) >= 11 is 2.83. The summed E-state index contributed by atoms with van der Waals surface area (Å²) in [6, 6.07) is 2.59. The summed E-state index contributed by atoms with van der Waals surface area (Å²) in [7, 11) is 0. The molecule has 78 valence electrons. The van der Waals surface area contributed by atoms with Crippen LogP contribution in [0.25, 0.3) is 0 Å². The number of rotatable bonds is 3. The van der Waals surface area contributed by atoms with Crippen molar-refractivity contribution in [2.45, 2.75) is 12.8 Å². The molecule has 0 amide bonds. The van der Waals surface area contributed by atoms with Gasteiger partial charge < -0.3 is 4.84 Å². The molecule has 0 spiro atoms. The van der Waals surface area contributed by atoms with Crippen LogP contribution in [0.2, 0.25) is 0 Å². The van der Waals surface area contributed by atoms with E-state index in [1.165, 1.54) is 12.1 Å². The summed E-state index contributed by atoms with van der Waals surface area (Å²) in [4.78, 5) is 4.41. The van der Waals surface area contributed by atoms with Crippen molar-refractivity contribution in [3.63, 3.8) is 0 Å². The molecule has 0 saturated carbocycles. The topological polar surface area (TPSA) is 35.2 Å². The van der Waals surface area contributed by atoms with E-state index < -0.39 is 11.6 Å². The van der Waals surface area contributed by atoms with E-state index in [-0.39, 0.29) is 17.0 Å². The molecule has 14 heavy (non-hydrogen) atoms. The van der Waals surface area contributed by atoms with Gasteiger partial charge in [-0.3, -0.25) is 0 Å². The van der Waals surface area contributed by atoms with Crippen molar-refractivity contribution in [1.82, 2.24) is 0 Å². The Morgan fingerprint density at radius 1 is 1.50 bits per heavy atom. The molecule has 0 saturated heterocycles. The second-order valence-corrected chi connectivity index (χ2v) is 3.79. The van der Waals surface area contributed by atoms with E-state index in [9.17, 15) is 8.78 Å². The number of halogens is 3. The summed E-state index contributed by atoms with van der Waals surface area (Å²) in [5.74, 6) is 3.44. The molecule has 2 nitrogen and oxygen atoms in total. The fourth-order valence-electron chi connectivity index (χ4n) is 1.16. The van der Waals surface area contributed by atoms with Crippen LogP contribution in [0.4, 0.5) is 8.78 Å². The first-order chi connectivity index (χ1) is 6.57. The summed E-state index contributed by atoms with van der Waals surface area (Å²) in [6.07, 6.45) is 0. The Morgan fingerprint density at radius 3 is 2.71 bits per heavy atom. The predicted octanol–water partition coefficient (Wildman–Crippen LogP) is 2.72. The van der Waals surface area contributed by atoms with Crippen molar-refractivity contribution in [2.75, 3.05) is 6.61 Å². The summed E-state index contributed by atoms with van der Waals surface area (Å²) in [5.41, 5.74) is 0.378. The molecule has 5 heteroatoms. The van der Waals surface area contributed by atoms with Gasteiger partial charge in [0.15, 0.2) is 0 Å². The normalized spacial score (nSPS) is 12.9. The zero-order valence-electron chi connectivity index (χ0n) is 7.56. The van der Waals surface area contributed by atoms with Crippen LogP contribution in [0.3, 0.4) is 0 Å². The van der Waals surface area contributed by atoms with Gasteiger partial charge in [0.25, 0.3) is 0 Å². The lowest BCUT2D eigenvalue weighted by molar-refractivity contribution is 0.126. The molecular formula is C9H10BrF2NO. The van der Waals surface area contributed by atoms with E-state index in [0.717, 1.165) is 0 Å². The number of benzene rings is 1. The molecule has 0 heterocycles. The lowest BCUT2D eigenvalue weighted by atomic mass is 10.0. The second kappa shape index (κ2) is 4.82. The Morgan fingerprint density at radius 2 is 2.14 bits per heavy atom. The first-order valence-corrected chi connectivity index (χ1v) is 4.82. The molecule has 0 aromatic heterocycles. The molecule has 1 rings (SSSR count). The van der Waals surface area contributed by atoms with Crippen molar-refractivity contribution in [2.24, 2.45) is 5.90 Å². The monoisotopic (exact) mass is 265 g/mol. The fourth-order valence-corrected chi connectivity index (χ4v) is 1.52. The van der Waals surface area contributed by atoms with Gasteiger partial charge in [-0.1, -0.05) is 13.0 Å². The Balaban J connectivity index is 3.04. The highest BCUT2D eigenvalue weighted by Gasteiger charge is 2.15. The first kappa shape index (κ1) is 11.6. The van der Waals surface area contributed by atoms with Crippen molar-refractivity contribution in [3.05, 3.63) is 33.8 Å². The molecule has 0 bridgehead atoms. The highest BCUT2D eigenvalue weighted by molar-refractivity contribution is 9.10. The minimum atomic E-state index is -0.618. The zero-order chi connectivity index (χ0) is 10.7. The Bertz CT molecular complexity index is 333. The van der Waals surface area contributed by atoms with E-state index in [2.05, 4.69) is 20.8 Å². The smallest absolute Gasteiger partial charge is 0.143 e. The number of nitrogens with two attached hydrogens (primary N) is 1. The van der Waals surface area contributed by atoms with Gasteiger partial charge in [0.05, 0.1) is 11.1 Å². The molecule has 1 atom stereocenters. The SMILES string of the molecule is CC(CON)c1ccc(F)c(Br)c1F. The third-order valence-electron chi connectivity index (χ3n) is 1.94.